The van der Waals surface area contributed by atoms with E-state index in [9.17, 15) is 18.8 Å². The molecule has 0 fully saturated rings. The molecule has 1 aromatic carbocycles. The second kappa shape index (κ2) is 6.64. The molecule has 4 nitrogen and oxygen atoms in total. The third kappa shape index (κ3) is 3.48. The smallest absolute Gasteiger partial charge is 0.316 e. The highest BCUT2D eigenvalue weighted by Crippen LogP contribution is 2.13. The lowest BCUT2D eigenvalue weighted by molar-refractivity contribution is -0.149. The fraction of sp³-hybridized carbons (Fsp3) is 0.308. The lowest BCUT2D eigenvalue weighted by Gasteiger charge is -2.08. The number of carbonyl (C=O) groups excluding carboxylic acids is 3. The van der Waals surface area contributed by atoms with Gasteiger partial charge in [0.1, 0.15) is 18.0 Å². The fourth-order valence-electron chi connectivity index (χ4n) is 1.43. The Balaban J connectivity index is 2.77. The Morgan fingerprint density at radius 2 is 2.06 bits per heavy atom. The molecule has 0 aromatic heterocycles. The van der Waals surface area contributed by atoms with E-state index >= 15 is 0 Å². The number of benzene rings is 1. The van der Waals surface area contributed by atoms with E-state index in [1.54, 1.807) is 6.92 Å². The van der Waals surface area contributed by atoms with Crippen LogP contribution in [0.1, 0.15) is 23.7 Å². The normalized spacial score (nSPS) is 11.7. The van der Waals surface area contributed by atoms with Crippen molar-refractivity contribution in [1.82, 2.24) is 0 Å². The Morgan fingerprint density at radius 3 is 2.61 bits per heavy atom. The highest BCUT2D eigenvalue weighted by molar-refractivity contribution is 6.01. The van der Waals surface area contributed by atoms with E-state index in [4.69, 9.17) is 0 Å². The summed E-state index contributed by atoms with van der Waals surface area (Å²) in [4.78, 5) is 33.8. The van der Waals surface area contributed by atoms with E-state index in [1.165, 1.54) is 18.2 Å². The van der Waals surface area contributed by atoms with Crippen LogP contribution in [0.2, 0.25) is 0 Å². The van der Waals surface area contributed by atoms with Crippen molar-refractivity contribution in [2.24, 2.45) is 5.92 Å². The Morgan fingerprint density at radius 1 is 1.39 bits per heavy atom. The van der Waals surface area contributed by atoms with E-state index in [1.807, 2.05) is 0 Å². The third-order valence-electron chi connectivity index (χ3n) is 2.33. The van der Waals surface area contributed by atoms with Crippen LogP contribution in [0.4, 0.5) is 4.39 Å². The SMILES string of the molecule is CCOC(=O)C(C=O)CC(=O)c1ccccc1F. The molecule has 1 unspecified atom stereocenters. The van der Waals surface area contributed by atoms with Gasteiger partial charge in [-0.1, -0.05) is 12.1 Å². The van der Waals surface area contributed by atoms with Gasteiger partial charge >= 0.3 is 5.97 Å². The Labute approximate surface area is 104 Å². The fourth-order valence-corrected chi connectivity index (χ4v) is 1.43. The standard InChI is InChI=1S/C13H13FO4/c1-2-18-13(17)9(8-15)7-12(16)10-5-3-4-6-11(10)14/h3-6,8-9H,2,7H2,1H3. The number of hydrogen-bond donors (Lipinski definition) is 0. The van der Waals surface area contributed by atoms with Gasteiger partial charge in [0.2, 0.25) is 0 Å². The monoisotopic (exact) mass is 252 g/mol. The summed E-state index contributed by atoms with van der Waals surface area (Å²) < 4.78 is 18.0. The molecular weight excluding hydrogens is 239 g/mol. The summed E-state index contributed by atoms with van der Waals surface area (Å²) in [5.41, 5.74) is -0.131. The van der Waals surface area contributed by atoms with Crippen LogP contribution in [0.25, 0.3) is 0 Å². The van der Waals surface area contributed by atoms with Crippen LogP contribution in [-0.4, -0.2) is 24.6 Å². The van der Waals surface area contributed by atoms with Gasteiger partial charge in [-0.3, -0.25) is 9.59 Å². The quantitative estimate of drug-likeness (QED) is 0.335. The largest absolute Gasteiger partial charge is 0.465 e. The summed E-state index contributed by atoms with van der Waals surface area (Å²) in [5, 5.41) is 0. The van der Waals surface area contributed by atoms with Crippen LogP contribution >= 0.6 is 0 Å². The van der Waals surface area contributed by atoms with Crippen LogP contribution in [0.5, 0.6) is 0 Å². The first kappa shape index (κ1) is 14.0. The van der Waals surface area contributed by atoms with Crippen LogP contribution in [0.3, 0.4) is 0 Å². The van der Waals surface area contributed by atoms with Crippen molar-refractivity contribution in [3.63, 3.8) is 0 Å². The van der Waals surface area contributed by atoms with Gasteiger partial charge in [0.15, 0.2) is 5.78 Å². The summed E-state index contributed by atoms with van der Waals surface area (Å²) in [6.45, 7) is 1.72. The highest BCUT2D eigenvalue weighted by atomic mass is 19.1. The molecule has 0 amide bonds. The molecule has 0 spiro atoms. The van der Waals surface area contributed by atoms with Crippen molar-refractivity contribution >= 4 is 18.0 Å². The van der Waals surface area contributed by atoms with Gasteiger partial charge < -0.3 is 9.53 Å². The van der Waals surface area contributed by atoms with Gasteiger partial charge in [0.05, 0.1) is 12.2 Å². The summed E-state index contributed by atoms with van der Waals surface area (Å²) in [7, 11) is 0. The van der Waals surface area contributed by atoms with Crippen molar-refractivity contribution in [3.05, 3.63) is 35.6 Å². The van der Waals surface area contributed by atoms with Crippen LogP contribution in [-0.2, 0) is 14.3 Å². The Hall–Kier alpha value is -2.04. The van der Waals surface area contributed by atoms with Gasteiger partial charge in [-0.15, -0.1) is 0 Å². The molecule has 1 rings (SSSR count). The predicted molar refractivity (Wildman–Crippen MR) is 61.5 cm³/mol. The maximum Gasteiger partial charge on any atom is 0.316 e. The zero-order chi connectivity index (χ0) is 13.5. The van der Waals surface area contributed by atoms with Gasteiger partial charge in [-0.25, -0.2) is 4.39 Å². The van der Waals surface area contributed by atoms with E-state index < -0.39 is 23.5 Å². The lowest BCUT2D eigenvalue weighted by Crippen LogP contribution is -2.22. The molecule has 0 saturated heterocycles. The van der Waals surface area contributed by atoms with E-state index in [-0.39, 0.29) is 18.6 Å². The maximum absolute atomic E-state index is 13.3. The molecule has 1 aromatic rings. The molecule has 5 heteroatoms. The van der Waals surface area contributed by atoms with Crippen molar-refractivity contribution in [2.45, 2.75) is 13.3 Å². The number of aldehydes is 1. The minimum absolute atomic E-state index is 0.122. The van der Waals surface area contributed by atoms with Gasteiger partial charge in [-0.05, 0) is 19.1 Å². The van der Waals surface area contributed by atoms with Crippen molar-refractivity contribution in [2.75, 3.05) is 6.61 Å². The molecule has 0 aliphatic rings. The first-order chi connectivity index (χ1) is 8.60. The number of esters is 1. The topological polar surface area (TPSA) is 60.4 Å². The number of Topliss-reactive ketones (excluding diaryl/α,β-unsaturated/α-hetero) is 1. The Bertz CT molecular complexity index is 456. The molecule has 1 atom stereocenters. The van der Waals surface area contributed by atoms with E-state index in [0.717, 1.165) is 6.07 Å². The lowest BCUT2D eigenvalue weighted by atomic mass is 9.99. The molecule has 0 heterocycles. The second-order valence-electron chi connectivity index (χ2n) is 3.60. The van der Waals surface area contributed by atoms with Gasteiger partial charge in [0.25, 0.3) is 0 Å². The average molecular weight is 252 g/mol. The molecule has 0 aliphatic heterocycles. The van der Waals surface area contributed by atoms with Crippen molar-refractivity contribution < 1.29 is 23.5 Å². The minimum atomic E-state index is -1.18. The second-order valence-corrected chi connectivity index (χ2v) is 3.60. The molecule has 96 valence electrons. The van der Waals surface area contributed by atoms with Gasteiger partial charge in [0, 0.05) is 6.42 Å². The number of hydrogen-bond acceptors (Lipinski definition) is 4. The highest BCUT2D eigenvalue weighted by Gasteiger charge is 2.24. The summed E-state index contributed by atoms with van der Waals surface area (Å²) >= 11 is 0. The van der Waals surface area contributed by atoms with Crippen LogP contribution in [0, 0.1) is 11.7 Å². The molecule has 0 N–H and O–H groups in total. The molecular formula is C13H13FO4. The number of ether oxygens (including phenoxy) is 1. The number of carbonyl (C=O) groups is 3. The van der Waals surface area contributed by atoms with E-state index in [2.05, 4.69) is 4.74 Å². The summed E-state index contributed by atoms with van der Waals surface area (Å²) in [5.74, 6) is -3.22. The maximum atomic E-state index is 13.3. The average Bonchev–Trinajstić information content (AvgIpc) is 2.36. The molecule has 0 bridgehead atoms. The van der Waals surface area contributed by atoms with Crippen molar-refractivity contribution in [3.8, 4) is 0 Å². The molecule has 0 aliphatic carbocycles. The van der Waals surface area contributed by atoms with Gasteiger partial charge in [-0.2, -0.15) is 0 Å². The molecule has 0 saturated carbocycles. The van der Waals surface area contributed by atoms with Crippen molar-refractivity contribution in [1.29, 1.82) is 0 Å². The first-order valence-electron chi connectivity index (χ1n) is 5.49. The zero-order valence-corrected chi connectivity index (χ0v) is 9.89. The molecule has 0 radical (unpaired) electrons. The summed E-state index contributed by atoms with van der Waals surface area (Å²) in [6, 6.07) is 5.42. The zero-order valence-electron chi connectivity index (χ0n) is 9.89. The number of ketones is 1. The van der Waals surface area contributed by atoms with Crippen LogP contribution in [0.15, 0.2) is 24.3 Å². The minimum Gasteiger partial charge on any atom is -0.465 e. The predicted octanol–water partition coefficient (Wildman–Crippen LogP) is 1.78. The third-order valence-corrected chi connectivity index (χ3v) is 2.33. The Kier molecular flexibility index (Phi) is 5.17. The summed E-state index contributed by atoms with van der Waals surface area (Å²) in [6.07, 6.45) is -0.0417. The molecule has 18 heavy (non-hydrogen) atoms. The van der Waals surface area contributed by atoms with Crippen LogP contribution < -0.4 is 0 Å². The first-order valence-corrected chi connectivity index (χ1v) is 5.49. The van der Waals surface area contributed by atoms with E-state index in [0.29, 0.717) is 6.29 Å². The number of rotatable bonds is 6. The number of halogens is 1.